The number of methoxy groups -OCH3 is 1. The van der Waals surface area contributed by atoms with Crippen molar-refractivity contribution >= 4 is 12.1 Å². The number of rotatable bonds is 4. The predicted molar refractivity (Wildman–Crippen MR) is 83.8 cm³/mol. The van der Waals surface area contributed by atoms with Crippen molar-refractivity contribution < 1.29 is 23.8 Å². The van der Waals surface area contributed by atoms with Crippen LogP contribution in [0, 0.1) is 0 Å². The fraction of sp³-hybridized carbons (Fsp3) is 0.529. The number of esters is 1. The summed E-state index contributed by atoms with van der Waals surface area (Å²) in [4.78, 5) is 25.5. The smallest absolute Gasteiger partial charge is 0.410 e. The third-order valence-corrected chi connectivity index (χ3v) is 3.46. The molecule has 1 heterocycles. The Hall–Kier alpha value is -2.08. The normalized spacial score (nSPS) is 16.4. The van der Waals surface area contributed by atoms with E-state index in [1.54, 1.807) is 20.8 Å². The first-order valence-electron chi connectivity index (χ1n) is 7.50. The van der Waals surface area contributed by atoms with E-state index in [-0.39, 0.29) is 19.7 Å². The third kappa shape index (κ3) is 4.22. The van der Waals surface area contributed by atoms with Crippen molar-refractivity contribution in [2.45, 2.75) is 38.6 Å². The number of amides is 1. The van der Waals surface area contributed by atoms with Crippen LogP contribution in [-0.2, 0) is 25.6 Å². The molecule has 6 heteroatoms. The maximum atomic E-state index is 12.1. The quantitative estimate of drug-likeness (QED) is 0.797. The van der Waals surface area contributed by atoms with E-state index < -0.39 is 23.3 Å². The minimum Gasteiger partial charge on any atom is -0.467 e. The van der Waals surface area contributed by atoms with Gasteiger partial charge in [-0.25, -0.2) is 9.59 Å². The zero-order valence-electron chi connectivity index (χ0n) is 14.0. The van der Waals surface area contributed by atoms with Crippen LogP contribution in [0.3, 0.4) is 0 Å². The molecule has 1 saturated heterocycles. The molecule has 1 amide bonds. The Morgan fingerprint density at radius 3 is 2.30 bits per heavy atom. The lowest BCUT2D eigenvalue weighted by Gasteiger charge is -2.46. The van der Waals surface area contributed by atoms with Crippen LogP contribution in [0.25, 0.3) is 0 Å². The molecular formula is C17H23NO5. The summed E-state index contributed by atoms with van der Waals surface area (Å²) in [6.07, 6.45) is -0.458. The van der Waals surface area contributed by atoms with E-state index in [0.717, 1.165) is 5.56 Å². The van der Waals surface area contributed by atoms with Crippen LogP contribution in [0.5, 0.6) is 0 Å². The van der Waals surface area contributed by atoms with Gasteiger partial charge in [0.25, 0.3) is 0 Å². The van der Waals surface area contributed by atoms with E-state index in [4.69, 9.17) is 14.2 Å². The second kappa shape index (κ2) is 6.58. The van der Waals surface area contributed by atoms with Gasteiger partial charge < -0.3 is 19.1 Å². The van der Waals surface area contributed by atoms with Gasteiger partial charge >= 0.3 is 12.1 Å². The molecule has 0 saturated carbocycles. The summed E-state index contributed by atoms with van der Waals surface area (Å²) < 4.78 is 15.9. The first-order valence-corrected chi connectivity index (χ1v) is 7.50. The molecule has 0 atom stereocenters. The fourth-order valence-electron chi connectivity index (χ4n) is 2.29. The summed E-state index contributed by atoms with van der Waals surface area (Å²) in [6.45, 7) is 5.92. The molecule has 0 spiro atoms. The summed E-state index contributed by atoms with van der Waals surface area (Å²) in [7, 11) is 1.31. The van der Waals surface area contributed by atoms with Crippen LogP contribution in [0.1, 0.15) is 26.3 Å². The summed E-state index contributed by atoms with van der Waals surface area (Å²) in [6, 6.07) is 9.53. The van der Waals surface area contributed by atoms with Gasteiger partial charge in [-0.05, 0) is 26.3 Å². The second-order valence-electron chi connectivity index (χ2n) is 6.60. The fourth-order valence-corrected chi connectivity index (χ4v) is 2.29. The molecule has 0 unspecified atom stereocenters. The number of benzene rings is 1. The Kier molecular flexibility index (Phi) is 4.94. The van der Waals surface area contributed by atoms with E-state index in [1.165, 1.54) is 12.0 Å². The highest BCUT2D eigenvalue weighted by molar-refractivity contribution is 5.84. The molecule has 1 aliphatic rings. The van der Waals surface area contributed by atoms with Crippen molar-refractivity contribution in [1.29, 1.82) is 0 Å². The zero-order chi connectivity index (χ0) is 17.1. The first-order chi connectivity index (χ1) is 10.8. The van der Waals surface area contributed by atoms with Crippen LogP contribution in [-0.4, -0.2) is 48.4 Å². The Labute approximate surface area is 136 Å². The molecule has 0 bridgehead atoms. The van der Waals surface area contributed by atoms with Gasteiger partial charge in [-0.3, -0.25) is 0 Å². The molecule has 1 aliphatic heterocycles. The molecule has 0 N–H and O–H groups in total. The number of carbonyl (C=O) groups excluding carboxylic acids is 2. The number of carbonyl (C=O) groups is 2. The lowest BCUT2D eigenvalue weighted by molar-refractivity contribution is -0.194. The number of nitrogens with zero attached hydrogens (tertiary/aromatic N) is 1. The number of hydrogen-bond donors (Lipinski definition) is 0. The molecule has 23 heavy (non-hydrogen) atoms. The van der Waals surface area contributed by atoms with E-state index in [0.29, 0.717) is 0 Å². The van der Waals surface area contributed by atoms with Crippen LogP contribution < -0.4 is 0 Å². The van der Waals surface area contributed by atoms with Gasteiger partial charge in [-0.1, -0.05) is 30.3 Å². The Bertz CT molecular complexity index is 558. The standard InChI is InChI=1S/C17H23NO5/c1-16(2,3)23-15(20)18-11-17(12-18,14(19)21-4)22-10-13-8-6-5-7-9-13/h5-9H,10-12H2,1-4H3. The molecule has 126 valence electrons. The van der Waals surface area contributed by atoms with E-state index >= 15 is 0 Å². The van der Waals surface area contributed by atoms with Gasteiger partial charge in [0.2, 0.25) is 5.60 Å². The van der Waals surface area contributed by atoms with Crippen molar-refractivity contribution in [3.63, 3.8) is 0 Å². The van der Waals surface area contributed by atoms with Gasteiger partial charge in [0.1, 0.15) is 5.60 Å². The average Bonchev–Trinajstić information content (AvgIpc) is 2.44. The monoisotopic (exact) mass is 321 g/mol. The lowest BCUT2D eigenvalue weighted by atomic mass is 9.94. The summed E-state index contributed by atoms with van der Waals surface area (Å²) in [5, 5.41) is 0. The van der Waals surface area contributed by atoms with E-state index in [1.807, 2.05) is 30.3 Å². The van der Waals surface area contributed by atoms with Crippen molar-refractivity contribution in [3.8, 4) is 0 Å². The van der Waals surface area contributed by atoms with Crippen molar-refractivity contribution in [2.24, 2.45) is 0 Å². The number of ether oxygens (including phenoxy) is 3. The van der Waals surface area contributed by atoms with E-state index in [2.05, 4.69) is 0 Å². The second-order valence-corrected chi connectivity index (χ2v) is 6.60. The van der Waals surface area contributed by atoms with E-state index in [9.17, 15) is 9.59 Å². The topological polar surface area (TPSA) is 65.1 Å². The van der Waals surface area contributed by atoms with Gasteiger partial charge in [0.15, 0.2) is 0 Å². The largest absolute Gasteiger partial charge is 0.467 e. The molecule has 2 rings (SSSR count). The summed E-state index contributed by atoms with van der Waals surface area (Å²) in [5.41, 5.74) is -0.751. The molecule has 1 aromatic carbocycles. The van der Waals surface area contributed by atoms with Crippen LogP contribution >= 0.6 is 0 Å². The minimum absolute atomic E-state index is 0.126. The first kappa shape index (κ1) is 17.3. The van der Waals surface area contributed by atoms with Crippen LogP contribution in [0.4, 0.5) is 4.79 Å². The van der Waals surface area contributed by atoms with Gasteiger partial charge in [-0.15, -0.1) is 0 Å². The van der Waals surface area contributed by atoms with Gasteiger partial charge in [0, 0.05) is 0 Å². The van der Waals surface area contributed by atoms with Crippen molar-refractivity contribution in [3.05, 3.63) is 35.9 Å². The highest BCUT2D eigenvalue weighted by Crippen LogP contribution is 2.29. The molecule has 6 nitrogen and oxygen atoms in total. The highest BCUT2D eigenvalue weighted by atomic mass is 16.6. The molecular weight excluding hydrogens is 298 g/mol. The lowest BCUT2D eigenvalue weighted by Crippen LogP contribution is -2.69. The third-order valence-electron chi connectivity index (χ3n) is 3.46. The highest BCUT2D eigenvalue weighted by Gasteiger charge is 2.54. The van der Waals surface area contributed by atoms with Crippen LogP contribution in [0.2, 0.25) is 0 Å². The SMILES string of the molecule is COC(=O)C1(OCc2ccccc2)CN(C(=O)OC(C)(C)C)C1. The molecule has 1 fully saturated rings. The molecule has 0 aromatic heterocycles. The van der Waals surface area contributed by atoms with Gasteiger partial charge in [0.05, 0.1) is 26.8 Å². The van der Waals surface area contributed by atoms with Crippen molar-refractivity contribution in [1.82, 2.24) is 4.90 Å². The number of likely N-dealkylation sites (tertiary alicyclic amines) is 1. The number of hydrogen-bond acceptors (Lipinski definition) is 5. The maximum absolute atomic E-state index is 12.1. The minimum atomic E-state index is -1.12. The maximum Gasteiger partial charge on any atom is 0.410 e. The molecule has 0 radical (unpaired) electrons. The molecule has 1 aromatic rings. The average molecular weight is 321 g/mol. The Balaban J connectivity index is 1.98. The molecule has 0 aliphatic carbocycles. The van der Waals surface area contributed by atoms with Crippen LogP contribution in [0.15, 0.2) is 30.3 Å². The summed E-state index contributed by atoms with van der Waals surface area (Å²) >= 11 is 0. The zero-order valence-corrected chi connectivity index (χ0v) is 14.0. The summed E-state index contributed by atoms with van der Waals surface area (Å²) in [5.74, 6) is -0.478. The Morgan fingerprint density at radius 2 is 1.78 bits per heavy atom. The Morgan fingerprint density at radius 1 is 1.17 bits per heavy atom. The van der Waals surface area contributed by atoms with Gasteiger partial charge in [-0.2, -0.15) is 0 Å². The predicted octanol–water partition coefficient (Wildman–Crippen LogP) is 2.37. The van der Waals surface area contributed by atoms with Crippen molar-refractivity contribution in [2.75, 3.05) is 20.2 Å².